The average Bonchev–Trinajstić information content (AvgIpc) is 2.73. The van der Waals surface area contributed by atoms with Gasteiger partial charge in [-0.25, -0.2) is 0 Å². The predicted octanol–water partition coefficient (Wildman–Crippen LogP) is 3.65. The number of ether oxygens (including phenoxy) is 1. The lowest BCUT2D eigenvalue weighted by Crippen LogP contribution is -2.23. The van der Waals surface area contributed by atoms with Gasteiger partial charge in [-0.15, -0.1) is 0 Å². The molecule has 0 saturated heterocycles. The minimum atomic E-state index is -0.234. The summed E-state index contributed by atoms with van der Waals surface area (Å²) in [4.78, 5) is 28.1. The van der Waals surface area contributed by atoms with E-state index in [-0.39, 0.29) is 18.4 Å². The maximum Gasteiger partial charge on any atom is 0.262 e. The van der Waals surface area contributed by atoms with Gasteiger partial charge in [0.05, 0.1) is 5.56 Å². The van der Waals surface area contributed by atoms with Crippen molar-refractivity contribution in [3.8, 4) is 5.75 Å². The van der Waals surface area contributed by atoms with Gasteiger partial charge in [0.15, 0.2) is 6.61 Å². The Morgan fingerprint density at radius 1 is 1.03 bits per heavy atom. The van der Waals surface area contributed by atoms with Crippen molar-refractivity contribution < 1.29 is 14.3 Å². The fraction of sp³-hybridized carbons (Fsp3) is 0.174. The van der Waals surface area contributed by atoms with Crippen LogP contribution in [0.25, 0.3) is 0 Å². The van der Waals surface area contributed by atoms with E-state index < -0.39 is 0 Å². The largest absolute Gasteiger partial charge is 0.483 e. The molecule has 0 radical (unpaired) electrons. The van der Waals surface area contributed by atoms with E-state index in [0.717, 1.165) is 16.7 Å². The van der Waals surface area contributed by atoms with Crippen LogP contribution in [-0.2, 0) is 11.3 Å². The van der Waals surface area contributed by atoms with Gasteiger partial charge < -0.3 is 15.4 Å². The molecule has 148 valence electrons. The Kier molecular flexibility index (Phi) is 6.58. The van der Waals surface area contributed by atoms with Gasteiger partial charge in [0, 0.05) is 24.6 Å². The molecule has 0 aliphatic rings. The van der Waals surface area contributed by atoms with E-state index in [9.17, 15) is 9.59 Å². The van der Waals surface area contributed by atoms with Crippen LogP contribution in [-0.4, -0.2) is 23.4 Å². The molecule has 2 aromatic carbocycles. The number of aromatic nitrogens is 1. The molecule has 6 nitrogen and oxygen atoms in total. The molecule has 1 heterocycles. The summed E-state index contributed by atoms with van der Waals surface area (Å²) >= 11 is 0. The Labute approximate surface area is 169 Å². The van der Waals surface area contributed by atoms with E-state index in [2.05, 4.69) is 15.6 Å². The highest BCUT2D eigenvalue weighted by molar-refractivity contribution is 5.94. The number of hydrogen-bond acceptors (Lipinski definition) is 4. The number of benzene rings is 2. The van der Waals surface area contributed by atoms with E-state index >= 15 is 0 Å². The van der Waals surface area contributed by atoms with Crippen molar-refractivity contribution in [2.75, 3.05) is 11.9 Å². The van der Waals surface area contributed by atoms with E-state index in [0.29, 0.717) is 23.5 Å². The first-order chi connectivity index (χ1) is 14.0. The summed E-state index contributed by atoms with van der Waals surface area (Å²) in [5, 5.41) is 5.64. The zero-order valence-electron chi connectivity index (χ0n) is 16.4. The van der Waals surface area contributed by atoms with Crippen LogP contribution in [0.15, 0.2) is 67.0 Å². The third kappa shape index (κ3) is 5.90. The third-order valence-corrected chi connectivity index (χ3v) is 4.30. The minimum Gasteiger partial charge on any atom is -0.483 e. The lowest BCUT2D eigenvalue weighted by Gasteiger charge is -2.11. The van der Waals surface area contributed by atoms with Gasteiger partial charge in [0.2, 0.25) is 0 Å². The zero-order chi connectivity index (χ0) is 20.6. The minimum absolute atomic E-state index is 0.0627. The highest BCUT2D eigenvalue weighted by Gasteiger charge is 2.07. The zero-order valence-corrected chi connectivity index (χ0v) is 16.4. The SMILES string of the molecule is Cc1ccc(OCC(=O)Nc2ccc(CNC(=O)c3cccnc3)cc2)c(C)c1. The van der Waals surface area contributed by atoms with Gasteiger partial charge in [-0.3, -0.25) is 14.6 Å². The Morgan fingerprint density at radius 3 is 2.52 bits per heavy atom. The molecule has 1 aromatic heterocycles. The molecular weight excluding hydrogens is 366 g/mol. The first-order valence-corrected chi connectivity index (χ1v) is 9.28. The number of amides is 2. The Hall–Kier alpha value is -3.67. The number of carbonyl (C=O) groups excluding carboxylic acids is 2. The standard InChI is InChI=1S/C23H23N3O3/c1-16-5-10-21(17(2)12-16)29-15-22(27)26-20-8-6-18(7-9-20)13-25-23(28)19-4-3-11-24-14-19/h3-12,14H,13,15H2,1-2H3,(H,25,28)(H,26,27). The van der Waals surface area contributed by atoms with Gasteiger partial charge in [-0.2, -0.15) is 0 Å². The lowest BCUT2D eigenvalue weighted by atomic mass is 10.1. The summed E-state index contributed by atoms with van der Waals surface area (Å²) < 4.78 is 5.59. The Bertz CT molecular complexity index is 986. The fourth-order valence-corrected chi connectivity index (χ4v) is 2.79. The van der Waals surface area contributed by atoms with Gasteiger partial charge in [-0.1, -0.05) is 29.8 Å². The summed E-state index contributed by atoms with van der Waals surface area (Å²) in [5.41, 5.74) is 4.25. The number of carbonyl (C=O) groups is 2. The monoisotopic (exact) mass is 389 g/mol. The van der Waals surface area contributed by atoms with Crippen molar-refractivity contribution in [2.24, 2.45) is 0 Å². The summed E-state index contributed by atoms with van der Waals surface area (Å²) in [6, 6.07) is 16.5. The molecule has 0 aliphatic carbocycles. The molecule has 0 saturated carbocycles. The molecule has 0 fully saturated rings. The molecule has 0 spiro atoms. The molecule has 0 unspecified atom stereocenters. The Morgan fingerprint density at radius 2 is 1.83 bits per heavy atom. The van der Waals surface area contributed by atoms with E-state index in [1.807, 2.05) is 44.2 Å². The van der Waals surface area contributed by atoms with Crippen molar-refractivity contribution in [3.63, 3.8) is 0 Å². The second kappa shape index (κ2) is 9.50. The number of nitrogens with zero attached hydrogens (tertiary/aromatic N) is 1. The summed E-state index contributed by atoms with van der Waals surface area (Å²) in [7, 11) is 0. The second-order valence-corrected chi connectivity index (χ2v) is 6.73. The first kappa shape index (κ1) is 20.1. The third-order valence-electron chi connectivity index (χ3n) is 4.30. The number of nitrogens with one attached hydrogen (secondary N) is 2. The van der Waals surface area contributed by atoms with Crippen LogP contribution < -0.4 is 15.4 Å². The second-order valence-electron chi connectivity index (χ2n) is 6.73. The molecule has 6 heteroatoms. The predicted molar refractivity (Wildman–Crippen MR) is 112 cm³/mol. The van der Waals surface area contributed by atoms with Crippen molar-refractivity contribution in [1.29, 1.82) is 0 Å². The lowest BCUT2D eigenvalue weighted by molar-refractivity contribution is -0.118. The molecule has 0 aliphatic heterocycles. The smallest absolute Gasteiger partial charge is 0.262 e. The van der Waals surface area contributed by atoms with E-state index in [1.54, 1.807) is 30.5 Å². The molecule has 3 aromatic rings. The van der Waals surface area contributed by atoms with Crippen LogP contribution in [0.5, 0.6) is 5.75 Å². The summed E-state index contributed by atoms with van der Waals surface area (Å²) in [5.74, 6) is 0.284. The fourth-order valence-electron chi connectivity index (χ4n) is 2.79. The van der Waals surface area contributed by atoms with Crippen LogP contribution in [0, 0.1) is 13.8 Å². The maximum absolute atomic E-state index is 12.1. The average molecular weight is 389 g/mol. The maximum atomic E-state index is 12.1. The molecule has 0 bridgehead atoms. The van der Waals surface area contributed by atoms with Crippen molar-refractivity contribution in [1.82, 2.24) is 10.3 Å². The van der Waals surface area contributed by atoms with Gasteiger partial charge in [0.25, 0.3) is 11.8 Å². The van der Waals surface area contributed by atoms with Crippen molar-refractivity contribution in [3.05, 3.63) is 89.2 Å². The molecule has 2 amide bonds. The Balaban J connectivity index is 1.47. The van der Waals surface area contributed by atoms with Gasteiger partial charge in [-0.05, 0) is 55.3 Å². The molecule has 3 rings (SSSR count). The highest BCUT2D eigenvalue weighted by atomic mass is 16.5. The number of anilines is 1. The topological polar surface area (TPSA) is 80.3 Å². The first-order valence-electron chi connectivity index (χ1n) is 9.28. The molecule has 29 heavy (non-hydrogen) atoms. The number of hydrogen-bond donors (Lipinski definition) is 2. The highest BCUT2D eigenvalue weighted by Crippen LogP contribution is 2.18. The van der Waals surface area contributed by atoms with Crippen molar-refractivity contribution >= 4 is 17.5 Å². The molecule has 2 N–H and O–H groups in total. The number of rotatable bonds is 7. The van der Waals surface area contributed by atoms with Crippen LogP contribution in [0.3, 0.4) is 0 Å². The van der Waals surface area contributed by atoms with Crippen molar-refractivity contribution in [2.45, 2.75) is 20.4 Å². The number of aryl methyl sites for hydroxylation is 2. The molecule has 0 atom stereocenters. The van der Waals surface area contributed by atoms with Crippen LogP contribution in [0.1, 0.15) is 27.0 Å². The number of pyridine rings is 1. The van der Waals surface area contributed by atoms with Gasteiger partial charge >= 0.3 is 0 Å². The van der Waals surface area contributed by atoms with E-state index in [4.69, 9.17) is 4.74 Å². The van der Waals surface area contributed by atoms with Crippen LogP contribution >= 0.6 is 0 Å². The quantitative estimate of drug-likeness (QED) is 0.646. The summed E-state index contributed by atoms with van der Waals surface area (Å²) in [6.07, 6.45) is 3.14. The normalized spacial score (nSPS) is 10.3. The molecular formula is C23H23N3O3. The van der Waals surface area contributed by atoms with Crippen LogP contribution in [0.4, 0.5) is 5.69 Å². The van der Waals surface area contributed by atoms with E-state index in [1.165, 1.54) is 6.20 Å². The summed E-state index contributed by atoms with van der Waals surface area (Å²) in [6.45, 7) is 4.29. The van der Waals surface area contributed by atoms with Gasteiger partial charge in [0.1, 0.15) is 5.75 Å². The van der Waals surface area contributed by atoms with Crippen LogP contribution in [0.2, 0.25) is 0 Å².